The molecule has 0 aliphatic heterocycles. The molecule has 1 atom stereocenters. The Bertz CT molecular complexity index is 613. The number of amides is 1. The average molecular weight is 316 g/mol. The van der Waals surface area contributed by atoms with Crippen LogP contribution in [-0.2, 0) is 10.0 Å². The monoisotopic (exact) mass is 316 g/mol. The van der Waals surface area contributed by atoms with Gasteiger partial charge in [0.2, 0.25) is 10.0 Å². The number of rotatable bonds is 7. The molecule has 0 radical (unpaired) electrons. The molecule has 0 aliphatic rings. The lowest BCUT2D eigenvalue weighted by Gasteiger charge is -2.20. The number of ether oxygens (including phenoxy) is 1. The smallest absolute Gasteiger partial charge is 0.252 e. The summed E-state index contributed by atoms with van der Waals surface area (Å²) in [5.74, 6) is -0.672. The van der Waals surface area contributed by atoms with Gasteiger partial charge in [-0.3, -0.25) is 4.79 Å². The quantitative estimate of drug-likeness (QED) is 0.658. The normalized spacial score (nSPS) is 13.2. The van der Waals surface area contributed by atoms with Crippen molar-refractivity contribution in [1.82, 2.24) is 4.72 Å². The SMILES string of the molecule is COc1ccc(S(=O)(=O)N[C@H](CO)C(C)C)cc1C(N)=O. The fraction of sp³-hybridized carbons (Fsp3) is 0.462. The average Bonchev–Trinajstić information content (AvgIpc) is 2.43. The highest BCUT2D eigenvalue weighted by Gasteiger charge is 2.23. The number of benzene rings is 1. The van der Waals surface area contributed by atoms with Gasteiger partial charge in [-0.2, -0.15) is 0 Å². The van der Waals surface area contributed by atoms with Crippen LogP contribution in [0.4, 0.5) is 0 Å². The largest absolute Gasteiger partial charge is 0.496 e. The van der Waals surface area contributed by atoms with Crippen LogP contribution >= 0.6 is 0 Å². The van der Waals surface area contributed by atoms with Crippen molar-refractivity contribution in [1.29, 1.82) is 0 Å². The number of aliphatic hydroxyl groups is 1. The summed E-state index contributed by atoms with van der Waals surface area (Å²) >= 11 is 0. The molecule has 0 unspecified atom stereocenters. The number of nitrogens with one attached hydrogen (secondary N) is 1. The summed E-state index contributed by atoms with van der Waals surface area (Å²) in [6.07, 6.45) is 0. The van der Waals surface area contributed by atoms with E-state index in [4.69, 9.17) is 10.5 Å². The summed E-state index contributed by atoms with van der Waals surface area (Å²) in [5.41, 5.74) is 5.18. The Balaban J connectivity index is 3.20. The van der Waals surface area contributed by atoms with Crippen LogP contribution in [-0.4, -0.2) is 39.2 Å². The second kappa shape index (κ2) is 6.88. The molecule has 4 N–H and O–H groups in total. The molecule has 1 amide bonds. The first-order valence-corrected chi connectivity index (χ1v) is 7.82. The molecular weight excluding hydrogens is 296 g/mol. The van der Waals surface area contributed by atoms with Crippen molar-refractivity contribution in [2.24, 2.45) is 11.7 Å². The summed E-state index contributed by atoms with van der Waals surface area (Å²) in [5, 5.41) is 9.21. The minimum absolute atomic E-state index is 0.0227. The molecule has 1 aromatic carbocycles. The molecule has 0 bridgehead atoms. The second-order valence-electron chi connectivity index (χ2n) is 4.88. The zero-order valence-corrected chi connectivity index (χ0v) is 13.0. The van der Waals surface area contributed by atoms with E-state index in [-0.39, 0.29) is 28.7 Å². The van der Waals surface area contributed by atoms with Crippen LogP contribution in [0.15, 0.2) is 23.1 Å². The number of hydrogen-bond donors (Lipinski definition) is 3. The third-order valence-corrected chi connectivity index (χ3v) is 4.54. The summed E-state index contributed by atoms with van der Waals surface area (Å²) in [6, 6.07) is 3.20. The highest BCUT2D eigenvalue weighted by molar-refractivity contribution is 7.89. The van der Waals surface area contributed by atoms with Gasteiger partial charge in [0.15, 0.2) is 0 Å². The van der Waals surface area contributed by atoms with Crippen molar-refractivity contribution in [3.05, 3.63) is 23.8 Å². The number of carbonyl (C=O) groups excluding carboxylic acids is 1. The maximum absolute atomic E-state index is 12.3. The fourth-order valence-corrected chi connectivity index (χ4v) is 3.10. The van der Waals surface area contributed by atoms with E-state index in [2.05, 4.69) is 4.72 Å². The Morgan fingerprint density at radius 1 is 1.43 bits per heavy atom. The van der Waals surface area contributed by atoms with Crippen molar-refractivity contribution < 1.29 is 23.1 Å². The first-order chi connectivity index (χ1) is 9.72. The minimum atomic E-state index is -3.87. The molecule has 21 heavy (non-hydrogen) atoms. The minimum Gasteiger partial charge on any atom is -0.496 e. The standard InChI is InChI=1S/C13H20N2O5S/c1-8(2)11(7-16)15-21(18,19)9-4-5-12(20-3)10(6-9)13(14)17/h4-6,8,11,15-16H,7H2,1-3H3,(H2,14,17)/t11-/m1/s1. The molecule has 0 saturated carbocycles. The molecule has 0 saturated heterocycles. The van der Waals surface area contributed by atoms with Gasteiger partial charge >= 0.3 is 0 Å². The highest BCUT2D eigenvalue weighted by Crippen LogP contribution is 2.22. The van der Waals surface area contributed by atoms with Gasteiger partial charge in [0, 0.05) is 6.04 Å². The van der Waals surface area contributed by atoms with Crippen LogP contribution < -0.4 is 15.2 Å². The highest BCUT2D eigenvalue weighted by atomic mass is 32.2. The van der Waals surface area contributed by atoms with Crippen molar-refractivity contribution in [2.45, 2.75) is 24.8 Å². The van der Waals surface area contributed by atoms with E-state index >= 15 is 0 Å². The Morgan fingerprint density at radius 2 is 2.05 bits per heavy atom. The van der Waals surface area contributed by atoms with Gasteiger partial charge in [0.05, 0.1) is 24.2 Å². The zero-order valence-electron chi connectivity index (χ0n) is 12.2. The number of primary amides is 1. The van der Waals surface area contributed by atoms with E-state index in [1.54, 1.807) is 13.8 Å². The van der Waals surface area contributed by atoms with E-state index in [9.17, 15) is 18.3 Å². The third-order valence-electron chi connectivity index (χ3n) is 3.05. The molecule has 8 heteroatoms. The maximum atomic E-state index is 12.3. The number of aliphatic hydroxyl groups excluding tert-OH is 1. The van der Waals surface area contributed by atoms with Crippen molar-refractivity contribution in [3.63, 3.8) is 0 Å². The molecule has 0 aliphatic carbocycles. The molecular formula is C13H20N2O5S. The molecule has 0 heterocycles. The summed E-state index contributed by atoms with van der Waals surface area (Å²) < 4.78 is 31.9. The first kappa shape index (κ1) is 17.4. The predicted octanol–water partition coefficient (Wildman–Crippen LogP) is 0.0893. The molecule has 1 rings (SSSR count). The molecule has 0 fully saturated rings. The number of sulfonamides is 1. The number of methoxy groups -OCH3 is 1. The van der Waals surface area contributed by atoms with Crippen LogP contribution in [0, 0.1) is 5.92 Å². The first-order valence-electron chi connectivity index (χ1n) is 6.34. The Hall–Kier alpha value is -1.64. The fourth-order valence-electron chi connectivity index (χ4n) is 1.70. The predicted molar refractivity (Wildman–Crippen MR) is 77.5 cm³/mol. The Morgan fingerprint density at radius 3 is 2.48 bits per heavy atom. The molecule has 118 valence electrons. The Kier molecular flexibility index (Phi) is 5.70. The number of hydrogen-bond acceptors (Lipinski definition) is 5. The summed E-state index contributed by atoms with van der Waals surface area (Å²) in [4.78, 5) is 11.2. The number of nitrogens with two attached hydrogens (primary N) is 1. The Labute approximate surface area is 124 Å². The number of carbonyl (C=O) groups is 1. The molecule has 1 aromatic rings. The van der Waals surface area contributed by atoms with Crippen molar-refractivity contribution in [2.75, 3.05) is 13.7 Å². The van der Waals surface area contributed by atoms with E-state index in [0.717, 1.165) is 6.07 Å². The van der Waals surface area contributed by atoms with Crippen LogP contribution in [0.3, 0.4) is 0 Å². The van der Waals surface area contributed by atoms with Gasteiger partial charge in [-0.05, 0) is 24.1 Å². The van der Waals surface area contributed by atoms with E-state index in [1.807, 2.05) is 0 Å². The van der Waals surface area contributed by atoms with Gasteiger partial charge in [-0.25, -0.2) is 13.1 Å². The van der Waals surface area contributed by atoms with Crippen LogP contribution in [0.5, 0.6) is 5.75 Å². The van der Waals surface area contributed by atoms with Crippen LogP contribution in [0.25, 0.3) is 0 Å². The lowest BCUT2D eigenvalue weighted by molar-refractivity contribution is 0.0997. The van der Waals surface area contributed by atoms with Crippen LogP contribution in [0.2, 0.25) is 0 Å². The maximum Gasteiger partial charge on any atom is 0.252 e. The van der Waals surface area contributed by atoms with Gasteiger partial charge in [0.25, 0.3) is 5.91 Å². The van der Waals surface area contributed by atoms with Crippen LogP contribution in [0.1, 0.15) is 24.2 Å². The third kappa shape index (κ3) is 4.16. The van der Waals surface area contributed by atoms with E-state index in [1.165, 1.54) is 19.2 Å². The molecule has 0 aromatic heterocycles. The lowest BCUT2D eigenvalue weighted by Crippen LogP contribution is -2.41. The van der Waals surface area contributed by atoms with E-state index in [0.29, 0.717) is 0 Å². The zero-order chi connectivity index (χ0) is 16.2. The topological polar surface area (TPSA) is 119 Å². The van der Waals surface area contributed by atoms with Crippen molar-refractivity contribution >= 4 is 15.9 Å². The lowest BCUT2D eigenvalue weighted by atomic mass is 10.1. The second-order valence-corrected chi connectivity index (χ2v) is 6.59. The molecule has 0 spiro atoms. The van der Waals surface area contributed by atoms with Gasteiger partial charge in [-0.1, -0.05) is 13.8 Å². The van der Waals surface area contributed by atoms with Gasteiger partial charge in [-0.15, -0.1) is 0 Å². The molecule has 7 nitrogen and oxygen atoms in total. The van der Waals surface area contributed by atoms with Gasteiger partial charge < -0.3 is 15.6 Å². The summed E-state index contributed by atoms with van der Waals surface area (Å²) in [7, 11) is -2.52. The van der Waals surface area contributed by atoms with E-state index < -0.39 is 22.0 Å². The van der Waals surface area contributed by atoms with Gasteiger partial charge in [0.1, 0.15) is 5.75 Å². The van der Waals surface area contributed by atoms with Crippen molar-refractivity contribution in [3.8, 4) is 5.75 Å². The summed E-state index contributed by atoms with van der Waals surface area (Å²) in [6.45, 7) is 3.24.